The van der Waals surface area contributed by atoms with Crippen molar-refractivity contribution < 1.29 is 0 Å². The van der Waals surface area contributed by atoms with Crippen molar-refractivity contribution >= 4 is 59.1 Å². The van der Waals surface area contributed by atoms with E-state index in [-0.39, 0.29) is 59.1 Å². The van der Waals surface area contributed by atoms with Gasteiger partial charge < -0.3 is 0 Å². The van der Waals surface area contributed by atoms with Gasteiger partial charge in [0.1, 0.15) is 0 Å². The molecule has 2 heteroatoms. The zero-order valence-electron chi connectivity index (χ0n) is 15.3. The molecule has 0 amide bonds. The van der Waals surface area contributed by atoms with Gasteiger partial charge in [-0.25, -0.2) is 0 Å². The summed E-state index contributed by atoms with van der Waals surface area (Å²) in [5.74, 6) is 0. The molecule has 0 N–H and O–H groups in total. The van der Waals surface area contributed by atoms with Crippen molar-refractivity contribution in [2.75, 3.05) is 0 Å². The molecule has 0 unspecified atom stereocenters. The van der Waals surface area contributed by atoms with Gasteiger partial charge in [-0.3, -0.25) is 0 Å². The van der Waals surface area contributed by atoms with Crippen molar-refractivity contribution in [2.45, 2.75) is 117 Å². The second-order valence-electron chi connectivity index (χ2n) is 5.95. The van der Waals surface area contributed by atoms with Gasteiger partial charge >= 0.3 is 0 Å². The van der Waals surface area contributed by atoms with Crippen LogP contribution >= 0.6 is 0 Å². The van der Waals surface area contributed by atoms with Crippen LogP contribution in [0.15, 0.2) is 0 Å². The Morgan fingerprint density at radius 2 is 0.450 bits per heavy atom. The van der Waals surface area contributed by atoms with Crippen molar-refractivity contribution in [1.29, 1.82) is 0 Å². The average molecular weight is 300 g/mol. The molecule has 20 heavy (non-hydrogen) atoms. The molecule has 0 heterocycles. The molecule has 0 fully saturated rings. The zero-order chi connectivity index (χ0) is 13.3. The van der Waals surface area contributed by atoms with Crippen molar-refractivity contribution in [3.63, 3.8) is 0 Å². The molecular weight excluding hydrogens is 262 g/mol. The minimum absolute atomic E-state index is 0. The second kappa shape index (κ2) is 25.9. The van der Waals surface area contributed by atoms with E-state index < -0.39 is 0 Å². The third kappa shape index (κ3) is 25.0. The predicted molar refractivity (Wildman–Crippen MR) is 96.7 cm³/mol. The monoisotopic (exact) mass is 300 g/mol. The van der Waals surface area contributed by atoms with Gasteiger partial charge in [0.05, 0.1) is 0 Å². The maximum absolute atomic E-state index is 2.29. The van der Waals surface area contributed by atoms with E-state index in [1.807, 2.05) is 0 Å². The van der Waals surface area contributed by atoms with Crippen LogP contribution in [0.5, 0.6) is 0 Å². The summed E-state index contributed by atoms with van der Waals surface area (Å²) in [5, 5.41) is 0. The molecule has 0 nitrogen and oxygen atoms in total. The summed E-state index contributed by atoms with van der Waals surface area (Å²) in [4.78, 5) is 0. The van der Waals surface area contributed by atoms with Crippen LogP contribution < -0.4 is 0 Å². The Morgan fingerprint density at radius 3 is 0.600 bits per heavy atom. The van der Waals surface area contributed by atoms with Gasteiger partial charge in [-0.1, -0.05) is 117 Å². The Balaban J connectivity index is -0.00000144. The molecule has 0 aromatic rings. The molecule has 0 aliphatic heterocycles. The largest absolute Gasteiger partial charge is 0.0654 e. The summed E-state index contributed by atoms with van der Waals surface area (Å²) in [7, 11) is 0. The van der Waals surface area contributed by atoms with E-state index in [2.05, 4.69) is 13.8 Å². The molecular formula is C18H38Na2. The average Bonchev–Trinajstić information content (AvgIpc) is 2.39. The summed E-state index contributed by atoms with van der Waals surface area (Å²) in [5.41, 5.74) is 0. The first-order chi connectivity index (χ1) is 8.91. The zero-order valence-corrected chi connectivity index (χ0v) is 19.3. The first-order valence-electron chi connectivity index (χ1n) is 8.91. The van der Waals surface area contributed by atoms with Crippen LogP contribution in [0, 0.1) is 0 Å². The molecule has 0 atom stereocenters. The Hall–Kier alpha value is 2.00. The van der Waals surface area contributed by atoms with Gasteiger partial charge in [0, 0.05) is 59.1 Å². The quantitative estimate of drug-likeness (QED) is 0.239. The Labute approximate surface area is 174 Å². The molecule has 0 aliphatic carbocycles. The fourth-order valence-corrected chi connectivity index (χ4v) is 2.62. The van der Waals surface area contributed by atoms with Gasteiger partial charge in [-0.05, 0) is 0 Å². The molecule has 0 spiro atoms. The first-order valence-corrected chi connectivity index (χ1v) is 8.91. The molecule has 0 saturated carbocycles. The van der Waals surface area contributed by atoms with Gasteiger partial charge in [0.25, 0.3) is 0 Å². The van der Waals surface area contributed by atoms with E-state index in [9.17, 15) is 0 Å². The molecule has 2 radical (unpaired) electrons. The Morgan fingerprint density at radius 1 is 0.300 bits per heavy atom. The van der Waals surface area contributed by atoms with Gasteiger partial charge in [-0.2, -0.15) is 0 Å². The normalized spacial score (nSPS) is 9.90. The standard InChI is InChI=1S/C18H38.2Na/c1-3-5-7-9-11-13-15-17-18-16-14-12-10-8-6-4-2;;/h3-18H2,1-2H3;;. The van der Waals surface area contributed by atoms with Crippen LogP contribution in [0.3, 0.4) is 0 Å². The van der Waals surface area contributed by atoms with Crippen LogP contribution in [-0.4, -0.2) is 59.1 Å². The van der Waals surface area contributed by atoms with Crippen molar-refractivity contribution in [3.05, 3.63) is 0 Å². The van der Waals surface area contributed by atoms with Crippen molar-refractivity contribution in [1.82, 2.24) is 0 Å². The van der Waals surface area contributed by atoms with E-state index in [0.717, 1.165) is 0 Å². The molecule has 0 rings (SSSR count). The number of hydrogen-bond acceptors (Lipinski definition) is 0. The van der Waals surface area contributed by atoms with Gasteiger partial charge in [-0.15, -0.1) is 0 Å². The molecule has 0 aromatic carbocycles. The van der Waals surface area contributed by atoms with Crippen LogP contribution in [0.25, 0.3) is 0 Å². The smallest absolute Gasteiger partial charge is 0 e. The Bertz CT molecular complexity index is 121. The summed E-state index contributed by atoms with van der Waals surface area (Å²) in [6.07, 6.45) is 23.4. The maximum Gasteiger partial charge on any atom is 0 e. The molecule has 0 saturated heterocycles. The fraction of sp³-hybridized carbons (Fsp3) is 1.00. The van der Waals surface area contributed by atoms with E-state index in [4.69, 9.17) is 0 Å². The molecule has 112 valence electrons. The third-order valence-electron chi connectivity index (χ3n) is 3.96. The third-order valence-corrected chi connectivity index (χ3v) is 3.96. The first kappa shape index (κ1) is 26.9. The minimum atomic E-state index is 0. The number of unbranched alkanes of at least 4 members (excludes halogenated alkanes) is 15. The van der Waals surface area contributed by atoms with Crippen LogP contribution in [0.2, 0.25) is 0 Å². The topological polar surface area (TPSA) is 0 Å². The van der Waals surface area contributed by atoms with E-state index >= 15 is 0 Å². The maximum atomic E-state index is 2.29. The molecule has 0 aliphatic rings. The van der Waals surface area contributed by atoms with Gasteiger partial charge in [0.2, 0.25) is 0 Å². The fourth-order valence-electron chi connectivity index (χ4n) is 2.62. The van der Waals surface area contributed by atoms with Crippen molar-refractivity contribution in [2.24, 2.45) is 0 Å². The van der Waals surface area contributed by atoms with Crippen LogP contribution in [0.1, 0.15) is 117 Å². The SMILES string of the molecule is CCCCCCCCCCCCCCCCCC.[Na].[Na]. The summed E-state index contributed by atoms with van der Waals surface area (Å²) in [6, 6.07) is 0. The van der Waals surface area contributed by atoms with E-state index in [0.29, 0.717) is 0 Å². The van der Waals surface area contributed by atoms with E-state index in [1.165, 1.54) is 103 Å². The summed E-state index contributed by atoms with van der Waals surface area (Å²) >= 11 is 0. The van der Waals surface area contributed by atoms with Gasteiger partial charge in [0.15, 0.2) is 0 Å². The predicted octanol–water partition coefficient (Wildman–Crippen LogP) is 6.51. The summed E-state index contributed by atoms with van der Waals surface area (Å²) < 4.78 is 0. The van der Waals surface area contributed by atoms with Crippen molar-refractivity contribution in [3.8, 4) is 0 Å². The Kier molecular flexibility index (Phi) is 34.8. The number of rotatable bonds is 15. The number of hydrogen-bond donors (Lipinski definition) is 0. The van der Waals surface area contributed by atoms with Crippen LogP contribution in [0.4, 0.5) is 0 Å². The summed E-state index contributed by atoms with van der Waals surface area (Å²) in [6.45, 7) is 4.59. The molecule has 0 aromatic heterocycles. The second-order valence-corrected chi connectivity index (χ2v) is 5.95. The van der Waals surface area contributed by atoms with Crippen LogP contribution in [-0.2, 0) is 0 Å². The van der Waals surface area contributed by atoms with E-state index in [1.54, 1.807) is 0 Å². The molecule has 0 bridgehead atoms. The minimum Gasteiger partial charge on any atom is -0.0654 e.